The lowest BCUT2D eigenvalue weighted by molar-refractivity contribution is 0.0134. The quantitative estimate of drug-likeness (QED) is 0.851. The molecule has 1 atom stereocenters. The monoisotopic (exact) mass is 375 g/mol. The third-order valence-electron chi connectivity index (χ3n) is 6.39. The third-order valence-corrected chi connectivity index (χ3v) is 6.39. The van der Waals surface area contributed by atoms with E-state index in [2.05, 4.69) is 40.7 Å². The summed E-state index contributed by atoms with van der Waals surface area (Å²) in [5, 5.41) is 9.47. The van der Waals surface area contributed by atoms with Crippen molar-refractivity contribution in [3.63, 3.8) is 0 Å². The van der Waals surface area contributed by atoms with Crippen LogP contribution in [0, 0.1) is 0 Å². The van der Waals surface area contributed by atoms with Gasteiger partial charge >= 0.3 is 0 Å². The summed E-state index contributed by atoms with van der Waals surface area (Å²) in [6, 6.07) is 7.97. The van der Waals surface area contributed by atoms with E-state index in [4.69, 9.17) is 9.47 Å². The molecule has 0 bridgehead atoms. The fourth-order valence-electron chi connectivity index (χ4n) is 4.88. The van der Waals surface area contributed by atoms with Crippen LogP contribution >= 0.6 is 0 Å². The van der Waals surface area contributed by atoms with Crippen LogP contribution < -0.4 is 14.4 Å². The molecule has 1 aromatic carbocycles. The molecule has 27 heavy (non-hydrogen) atoms. The van der Waals surface area contributed by atoms with Crippen LogP contribution in [-0.4, -0.2) is 79.2 Å². The Morgan fingerprint density at radius 2 is 1.85 bits per heavy atom. The number of nitrogens with zero attached hydrogens (tertiary/aromatic N) is 3. The van der Waals surface area contributed by atoms with Crippen LogP contribution in [0.2, 0.25) is 0 Å². The fourth-order valence-corrected chi connectivity index (χ4v) is 4.88. The van der Waals surface area contributed by atoms with Crippen LogP contribution in [0.3, 0.4) is 0 Å². The number of fused-ring (bicyclic) bond motifs is 1. The molecule has 0 aromatic heterocycles. The van der Waals surface area contributed by atoms with Gasteiger partial charge in [-0.25, -0.2) is 0 Å². The zero-order valence-electron chi connectivity index (χ0n) is 16.6. The van der Waals surface area contributed by atoms with Gasteiger partial charge in [-0.05, 0) is 45.2 Å². The molecule has 2 saturated heterocycles. The Morgan fingerprint density at radius 3 is 2.59 bits per heavy atom. The highest BCUT2D eigenvalue weighted by Gasteiger charge is 2.33. The Kier molecular flexibility index (Phi) is 5.76. The molecule has 0 aliphatic carbocycles. The summed E-state index contributed by atoms with van der Waals surface area (Å²) < 4.78 is 11.0. The topological polar surface area (TPSA) is 48.4 Å². The lowest BCUT2D eigenvalue weighted by atomic mass is 9.98. The Labute approximate surface area is 162 Å². The van der Waals surface area contributed by atoms with Gasteiger partial charge in [-0.2, -0.15) is 0 Å². The first-order valence-electron chi connectivity index (χ1n) is 10.4. The summed E-state index contributed by atoms with van der Waals surface area (Å²) in [4.78, 5) is 7.71. The molecule has 2 fully saturated rings. The molecule has 4 rings (SSSR count). The van der Waals surface area contributed by atoms with Gasteiger partial charge < -0.3 is 19.5 Å². The summed E-state index contributed by atoms with van der Waals surface area (Å²) in [7, 11) is 0. The lowest BCUT2D eigenvalue weighted by Crippen LogP contribution is -2.59. The van der Waals surface area contributed by atoms with Gasteiger partial charge in [0.2, 0.25) is 6.79 Å². The molecule has 3 aliphatic rings. The average molecular weight is 376 g/mol. The molecule has 1 unspecified atom stereocenters. The molecule has 0 spiro atoms. The maximum Gasteiger partial charge on any atom is 0.231 e. The second-order valence-corrected chi connectivity index (χ2v) is 8.25. The van der Waals surface area contributed by atoms with Gasteiger partial charge in [0.1, 0.15) is 0 Å². The highest BCUT2D eigenvalue weighted by molar-refractivity contribution is 5.57. The standard InChI is InChI=1S/C21H33N3O3/c1-16(2)24-11-10-23(14-19(24)7-12-25)17-5-8-22(9-6-17)18-3-4-20-21(13-18)27-15-26-20/h3-4,13,16-17,19,25H,5-12,14-15H2,1-2H3. The van der Waals surface area contributed by atoms with Crippen molar-refractivity contribution < 1.29 is 14.6 Å². The maximum absolute atomic E-state index is 9.47. The summed E-state index contributed by atoms with van der Waals surface area (Å²) in [6.45, 7) is 10.7. The number of piperazine rings is 1. The lowest BCUT2D eigenvalue weighted by Gasteiger charge is -2.48. The van der Waals surface area contributed by atoms with Gasteiger partial charge in [-0.15, -0.1) is 0 Å². The second-order valence-electron chi connectivity index (χ2n) is 8.25. The van der Waals surface area contributed by atoms with Crippen LogP contribution in [0.4, 0.5) is 5.69 Å². The number of anilines is 1. The third kappa shape index (κ3) is 4.03. The van der Waals surface area contributed by atoms with Gasteiger partial charge in [-0.1, -0.05) is 0 Å². The van der Waals surface area contributed by atoms with Gasteiger partial charge in [0, 0.05) is 69.2 Å². The second kappa shape index (κ2) is 8.25. The van der Waals surface area contributed by atoms with Crippen LogP contribution in [0.25, 0.3) is 0 Å². The van der Waals surface area contributed by atoms with E-state index in [-0.39, 0.29) is 6.61 Å². The van der Waals surface area contributed by atoms with Crippen molar-refractivity contribution in [3.05, 3.63) is 18.2 Å². The molecule has 6 nitrogen and oxygen atoms in total. The van der Waals surface area contributed by atoms with Crippen molar-refractivity contribution in [1.29, 1.82) is 0 Å². The Balaban J connectivity index is 1.34. The average Bonchev–Trinajstić information content (AvgIpc) is 3.16. The minimum atomic E-state index is 0.282. The van der Waals surface area contributed by atoms with Crippen LogP contribution in [0.1, 0.15) is 33.1 Å². The number of benzene rings is 1. The van der Waals surface area contributed by atoms with E-state index in [1.165, 1.54) is 18.5 Å². The van der Waals surface area contributed by atoms with Gasteiger partial charge in [0.05, 0.1) is 0 Å². The highest BCUT2D eigenvalue weighted by atomic mass is 16.7. The van der Waals surface area contributed by atoms with E-state index in [1.807, 2.05) is 6.07 Å². The predicted octanol–water partition coefficient (Wildman–Crippen LogP) is 2.16. The van der Waals surface area contributed by atoms with E-state index in [0.29, 0.717) is 24.9 Å². The minimum absolute atomic E-state index is 0.282. The number of ether oxygens (including phenoxy) is 2. The largest absolute Gasteiger partial charge is 0.454 e. The maximum atomic E-state index is 9.47. The Morgan fingerprint density at radius 1 is 1.07 bits per heavy atom. The van der Waals surface area contributed by atoms with E-state index < -0.39 is 0 Å². The normalized spacial score (nSPS) is 24.7. The van der Waals surface area contributed by atoms with Crippen molar-refractivity contribution in [3.8, 4) is 11.5 Å². The molecule has 1 N–H and O–H groups in total. The number of hydrogen-bond acceptors (Lipinski definition) is 6. The number of aliphatic hydroxyl groups is 1. The minimum Gasteiger partial charge on any atom is -0.454 e. The number of hydrogen-bond donors (Lipinski definition) is 1. The van der Waals surface area contributed by atoms with E-state index >= 15 is 0 Å². The summed E-state index contributed by atoms with van der Waals surface area (Å²) in [5.41, 5.74) is 1.24. The molecular weight excluding hydrogens is 342 g/mol. The zero-order chi connectivity index (χ0) is 18.8. The van der Waals surface area contributed by atoms with Crippen LogP contribution in [-0.2, 0) is 0 Å². The van der Waals surface area contributed by atoms with Crippen molar-refractivity contribution in [1.82, 2.24) is 9.80 Å². The first-order chi connectivity index (χ1) is 13.2. The van der Waals surface area contributed by atoms with Crippen molar-refractivity contribution in [2.24, 2.45) is 0 Å². The predicted molar refractivity (Wildman–Crippen MR) is 107 cm³/mol. The number of aliphatic hydroxyl groups excluding tert-OH is 1. The Bertz CT molecular complexity index is 631. The molecule has 3 heterocycles. The van der Waals surface area contributed by atoms with Gasteiger partial charge in [0.25, 0.3) is 0 Å². The highest BCUT2D eigenvalue weighted by Crippen LogP contribution is 2.36. The summed E-state index contributed by atoms with van der Waals surface area (Å²) in [5.74, 6) is 1.72. The molecule has 3 aliphatic heterocycles. The molecule has 6 heteroatoms. The first kappa shape index (κ1) is 18.8. The SMILES string of the molecule is CC(C)N1CCN(C2CCN(c3ccc4c(c3)OCO4)CC2)CC1CCO. The molecule has 1 aromatic rings. The van der Waals surface area contributed by atoms with Crippen molar-refractivity contribution >= 4 is 5.69 Å². The Hall–Kier alpha value is -1.50. The smallest absolute Gasteiger partial charge is 0.231 e. The summed E-state index contributed by atoms with van der Waals surface area (Å²) >= 11 is 0. The van der Waals surface area contributed by atoms with Crippen LogP contribution in [0.15, 0.2) is 18.2 Å². The first-order valence-corrected chi connectivity index (χ1v) is 10.4. The number of piperidine rings is 1. The number of rotatable bonds is 5. The van der Waals surface area contributed by atoms with Gasteiger partial charge in [0.15, 0.2) is 11.5 Å². The fraction of sp³-hybridized carbons (Fsp3) is 0.714. The molecule has 150 valence electrons. The van der Waals surface area contributed by atoms with E-state index in [0.717, 1.165) is 50.6 Å². The van der Waals surface area contributed by atoms with Crippen LogP contribution in [0.5, 0.6) is 11.5 Å². The van der Waals surface area contributed by atoms with E-state index in [9.17, 15) is 5.11 Å². The van der Waals surface area contributed by atoms with Crippen molar-refractivity contribution in [2.75, 3.05) is 51.0 Å². The molecule has 0 amide bonds. The van der Waals surface area contributed by atoms with Crippen molar-refractivity contribution in [2.45, 2.75) is 51.2 Å². The zero-order valence-corrected chi connectivity index (χ0v) is 16.6. The molecular formula is C21H33N3O3. The van der Waals surface area contributed by atoms with E-state index in [1.54, 1.807) is 0 Å². The summed E-state index contributed by atoms with van der Waals surface area (Å²) in [6.07, 6.45) is 3.27. The van der Waals surface area contributed by atoms with Gasteiger partial charge in [-0.3, -0.25) is 9.80 Å². The molecule has 0 radical (unpaired) electrons. The molecule has 0 saturated carbocycles.